The van der Waals surface area contributed by atoms with Crippen LogP contribution in [-0.4, -0.2) is 111 Å². The summed E-state index contributed by atoms with van der Waals surface area (Å²) in [6, 6.07) is 4.58. The van der Waals surface area contributed by atoms with Gasteiger partial charge in [-0.3, -0.25) is 14.5 Å². The summed E-state index contributed by atoms with van der Waals surface area (Å²) in [6.45, 7) is 9.49. The number of hydrogen-bond donors (Lipinski definition) is 1. The number of likely N-dealkylation sites (N-methyl/N-ethyl adjacent to an activating group) is 1. The average Bonchev–Trinajstić information content (AvgIpc) is 3.33. The maximum absolute atomic E-state index is 13.3. The first-order chi connectivity index (χ1) is 18.0. The van der Waals surface area contributed by atoms with Crippen molar-refractivity contribution in [1.29, 1.82) is 0 Å². The van der Waals surface area contributed by atoms with Gasteiger partial charge in [-0.05, 0) is 75.9 Å². The summed E-state index contributed by atoms with van der Waals surface area (Å²) in [5.41, 5.74) is 1.61. The Kier molecular flexibility index (Phi) is 9.52. The van der Waals surface area contributed by atoms with E-state index in [1.165, 1.54) is 11.8 Å². The lowest BCUT2D eigenvalue weighted by Gasteiger charge is -2.37. The monoisotopic (exact) mass is 565 g/mol. The molecule has 38 heavy (non-hydrogen) atoms. The fourth-order valence-electron chi connectivity index (χ4n) is 5.49. The molecule has 0 bridgehead atoms. The van der Waals surface area contributed by atoms with E-state index in [2.05, 4.69) is 21.6 Å². The smallest absolute Gasteiger partial charge is 0.242 e. The van der Waals surface area contributed by atoms with Gasteiger partial charge in [-0.2, -0.15) is 4.72 Å². The standard InChI is InChI=1S/C27H40ClN5O4S/c1-20-8-9-23(28)17-22(20)16-21(2)38(36,37)29-25-7-5-10-32(27(25)35)19-26(34)33-11-4-6-24(33)18-31-14-12-30(3)13-15-31/h8-9,16-17,24-25,29H,4-7,10-15,18-19H2,1-3H3/b21-16+/t24?,25-/m0/s1. The van der Waals surface area contributed by atoms with E-state index in [1.807, 2.05) is 17.9 Å². The van der Waals surface area contributed by atoms with Gasteiger partial charge in [0.1, 0.15) is 6.04 Å². The van der Waals surface area contributed by atoms with E-state index in [1.54, 1.807) is 18.2 Å². The molecule has 0 radical (unpaired) electrons. The van der Waals surface area contributed by atoms with E-state index in [-0.39, 0.29) is 29.3 Å². The van der Waals surface area contributed by atoms with Crippen LogP contribution in [0.15, 0.2) is 23.1 Å². The Morgan fingerprint density at radius 3 is 2.55 bits per heavy atom. The highest BCUT2D eigenvalue weighted by atomic mass is 35.5. The minimum Gasteiger partial charge on any atom is -0.337 e. The number of sulfonamides is 1. The highest BCUT2D eigenvalue weighted by Crippen LogP contribution is 2.23. The van der Waals surface area contributed by atoms with Crippen molar-refractivity contribution in [3.8, 4) is 0 Å². The fraction of sp³-hybridized carbons (Fsp3) is 0.630. The molecule has 4 rings (SSSR count). The molecule has 3 saturated heterocycles. The highest BCUT2D eigenvalue weighted by molar-refractivity contribution is 7.93. The van der Waals surface area contributed by atoms with Crippen molar-refractivity contribution in [3.05, 3.63) is 39.3 Å². The lowest BCUT2D eigenvalue weighted by molar-refractivity contribution is -0.143. The molecule has 2 amide bonds. The molecule has 1 aromatic rings. The van der Waals surface area contributed by atoms with Gasteiger partial charge in [0.25, 0.3) is 0 Å². The van der Waals surface area contributed by atoms with Crippen LogP contribution in [0.3, 0.4) is 0 Å². The number of nitrogens with one attached hydrogen (secondary N) is 1. The van der Waals surface area contributed by atoms with Crippen LogP contribution in [0.4, 0.5) is 0 Å². The molecule has 1 aromatic carbocycles. The van der Waals surface area contributed by atoms with Crippen LogP contribution in [0.1, 0.15) is 43.7 Å². The zero-order valence-corrected chi connectivity index (χ0v) is 24.2. The summed E-state index contributed by atoms with van der Waals surface area (Å²) in [5.74, 6) is -0.388. The number of likely N-dealkylation sites (tertiary alicyclic amines) is 2. The van der Waals surface area contributed by atoms with Gasteiger partial charge in [0.15, 0.2) is 0 Å². The number of amides is 2. The molecule has 11 heteroatoms. The molecule has 0 aliphatic carbocycles. The lowest BCUT2D eigenvalue weighted by Crippen LogP contribution is -2.55. The first kappa shape index (κ1) is 29.0. The summed E-state index contributed by atoms with van der Waals surface area (Å²) in [6.07, 6.45) is 4.55. The summed E-state index contributed by atoms with van der Waals surface area (Å²) >= 11 is 6.08. The van der Waals surface area contributed by atoms with E-state index in [9.17, 15) is 18.0 Å². The van der Waals surface area contributed by atoms with Crippen LogP contribution in [0.25, 0.3) is 6.08 Å². The van der Waals surface area contributed by atoms with Crippen molar-refractivity contribution in [2.45, 2.75) is 51.6 Å². The molecule has 9 nitrogen and oxygen atoms in total. The van der Waals surface area contributed by atoms with E-state index >= 15 is 0 Å². The molecule has 3 aliphatic heterocycles. The van der Waals surface area contributed by atoms with Gasteiger partial charge in [-0.25, -0.2) is 8.42 Å². The van der Waals surface area contributed by atoms with Crippen LogP contribution >= 0.6 is 11.6 Å². The number of carbonyl (C=O) groups is 2. The van der Waals surface area contributed by atoms with Crippen molar-refractivity contribution in [3.63, 3.8) is 0 Å². The average molecular weight is 566 g/mol. The Balaban J connectivity index is 1.36. The molecular formula is C27H40ClN5O4S. The van der Waals surface area contributed by atoms with Gasteiger partial charge in [0.2, 0.25) is 21.8 Å². The van der Waals surface area contributed by atoms with E-state index in [0.29, 0.717) is 36.5 Å². The number of piperazine rings is 1. The number of benzene rings is 1. The third kappa shape index (κ3) is 7.15. The van der Waals surface area contributed by atoms with E-state index < -0.39 is 16.1 Å². The number of carbonyl (C=O) groups excluding carboxylic acids is 2. The molecule has 1 N–H and O–H groups in total. The zero-order valence-electron chi connectivity index (χ0n) is 22.7. The summed E-state index contributed by atoms with van der Waals surface area (Å²) < 4.78 is 28.7. The number of halogens is 1. The fourth-order valence-corrected chi connectivity index (χ4v) is 6.73. The van der Waals surface area contributed by atoms with Crippen LogP contribution in [-0.2, 0) is 19.6 Å². The SMILES string of the molecule is C/C(=C\c1cc(Cl)ccc1C)S(=O)(=O)N[C@H]1CCCN(CC(=O)N2CCCC2CN2CCN(C)CC2)C1=O. The number of aryl methyl sites for hydroxylation is 1. The Bertz CT molecular complexity index is 1170. The summed E-state index contributed by atoms with van der Waals surface area (Å²) in [5, 5.41) is 0.520. The summed E-state index contributed by atoms with van der Waals surface area (Å²) in [4.78, 5) is 34.8. The number of nitrogens with zero attached hydrogens (tertiary/aromatic N) is 4. The van der Waals surface area contributed by atoms with Gasteiger partial charge in [0.05, 0.1) is 11.4 Å². The quantitative estimate of drug-likeness (QED) is 0.519. The van der Waals surface area contributed by atoms with Crippen LogP contribution in [0, 0.1) is 6.92 Å². The lowest BCUT2D eigenvalue weighted by atomic mass is 10.1. The van der Waals surface area contributed by atoms with Crippen molar-refractivity contribution in [1.82, 2.24) is 24.3 Å². The molecule has 3 aliphatic rings. The highest BCUT2D eigenvalue weighted by Gasteiger charge is 2.36. The van der Waals surface area contributed by atoms with Gasteiger partial charge in [-0.1, -0.05) is 17.7 Å². The summed E-state index contributed by atoms with van der Waals surface area (Å²) in [7, 11) is -1.77. The van der Waals surface area contributed by atoms with E-state index in [0.717, 1.165) is 51.1 Å². The number of rotatable bonds is 8. The number of hydrogen-bond acceptors (Lipinski definition) is 6. The Labute approximate surface area is 231 Å². The van der Waals surface area contributed by atoms with Crippen LogP contribution in [0.2, 0.25) is 5.02 Å². The second-order valence-corrected chi connectivity index (χ2v) is 13.1. The zero-order chi connectivity index (χ0) is 27.4. The van der Waals surface area contributed by atoms with Gasteiger partial charge in [-0.15, -0.1) is 0 Å². The maximum atomic E-state index is 13.3. The molecule has 0 saturated carbocycles. The van der Waals surface area contributed by atoms with Gasteiger partial charge < -0.3 is 14.7 Å². The predicted octanol–water partition coefficient (Wildman–Crippen LogP) is 2.16. The molecule has 0 spiro atoms. The van der Waals surface area contributed by atoms with Crippen LogP contribution < -0.4 is 4.72 Å². The number of allylic oxidation sites excluding steroid dienone is 1. The molecule has 1 unspecified atom stereocenters. The van der Waals surface area contributed by atoms with Gasteiger partial charge >= 0.3 is 0 Å². The number of piperidine rings is 1. The molecule has 0 aromatic heterocycles. The Hall–Kier alpha value is -1.98. The van der Waals surface area contributed by atoms with Crippen molar-refractivity contribution in [2.75, 3.05) is 59.4 Å². The predicted molar refractivity (Wildman–Crippen MR) is 150 cm³/mol. The van der Waals surface area contributed by atoms with Crippen molar-refractivity contribution < 1.29 is 18.0 Å². The normalized spacial score (nSPS) is 24.3. The van der Waals surface area contributed by atoms with Crippen molar-refractivity contribution >= 4 is 39.5 Å². The van der Waals surface area contributed by atoms with Crippen molar-refractivity contribution in [2.24, 2.45) is 0 Å². The Morgan fingerprint density at radius 2 is 1.82 bits per heavy atom. The van der Waals surface area contributed by atoms with E-state index in [4.69, 9.17) is 11.6 Å². The molecule has 3 fully saturated rings. The molecular weight excluding hydrogens is 526 g/mol. The molecule has 2 atom stereocenters. The Morgan fingerprint density at radius 1 is 1.11 bits per heavy atom. The third-order valence-corrected chi connectivity index (χ3v) is 9.74. The topological polar surface area (TPSA) is 93.3 Å². The third-order valence-electron chi connectivity index (χ3n) is 7.94. The molecule has 3 heterocycles. The first-order valence-corrected chi connectivity index (χ1v) is 15.4. The van der Waals surface area contributed by atoms with Gasteiger partial charge in [0, 0.05) is 56.9 Å². The minimum absolute atomic E-state index is 0.00711. The second kappa shape index (κ2) is 12.5. The minimum atomic E-state index is -3.90. The molecule has 210 valence electrons. The first-order valence-electron chi connectivity index (χ1n) is 13.5. The maximum Gasteiger partial charge on any atom is 0.242 e. The second-order valence-electron chi connectivity index (χ2n) is 10.8. The van der Waals surface area contributed by atoms with Crippen LogP contribution in [0.5, 0.6) is 0 Å². The largest absolute Gasteiger partial charge is 0.337 e.